The van der Waals surface area contributed by atoms with Gasteiger partial charge in [0.1, 0.15) is 5.82 Å². The van der Waals surface area contributed by atoms with Crippen molar-refractivity contribution in [2.75, 3.05) is 0 Å². The van der Waals surface area contributed by atoms with Crippen LogP contribution >= 0.6 is 23.2 Å². The van der Waals surface area contributed by atoms with Crippen LogP contribution in [0.25, 0.3) is 0 Å². The summed E-state index contributed by atoms with van der Waals surface area (Å²) in [5, 5.41) is 9.70. The van der Waals surface area contributed by atoms with Crippen LogP contribution in [0.5, 0.6) is 0 Å². The van der Waals surface area contributed by atoms with E-state index in [9.17, 15) is 8.78 Å². The molecule has 2 nitrogen and oxygen atoms in total. The number of oxime groups is 1. The van der Waals surface area contributed by atoms with Gasteiger partial charge in [0.25, 0.3) is 0 Å². The Morgan fingerprint density at radius 1 is 1.38 bits per heavy atom. The molecule has 70 valence electrons. The number of rotatable bonds is 1. The lowest BCUT2D eigenvalue weighted by molar-refractivity contribution is 0.320. The second kappa shape index (κ2) is 3.89. The summed E-state index contributed by atoms with van der Waals surface area (Å²) in [4.78, 5) is 0. The van der Waals surface area contributed by atoms with Gasteiger partial charge in [-0.25, -0.2) is 8.78 Å². The molecular formula is C7H3Cl2F2NO. The summed E-state index contributed by atoms with van der Waals surface area (Å²) in [7, 11) is 0. The molecule has 0 aliphatic rings. The standard InChI is InChI=1S/C7H3Cl2F2NO/c8-3-1-2-4(10)5(6(3)11)7(9)12-13/h1-2,13H. The van der Waals surface area contributed by atoms with Crippen LogP contribution in [0, 0.1) is 11.6 Å². The quantitative estimate of drug-likeness (QED) is 0.339. The molecule has 1 N–H and O–H groups in total. The molecule has 1 aromatic carbocycles. The van der Waals surface area contributed by atoms with Crippen LogP contribution in [0.15, 0.2) is 17.3 Å². The van der Waals surface area contributed by atoms with Crippen molar-refractivity contribution in [1.29, 1.82) is 0 Å². The van der Waals surface area contributed by atoms with E-state index in [1.54, 1.807) is 0 Å². The number of benzene rings is 1. The van der Waals surface area contributed by atoms with Gasteiger partial charge in [0, 0.05) is 0 Å². The Labute approximate surface area is 82.4 Å². The minimum absolute atomic E-state index is 0.293. The highest BCUT2D eigenvalue weighted by Gasteiger charge is 2.16. The van der Waals surface area contributed by atoms with E-state index in [4.69, 9.17) is 28.4 Å². The van der Waals surface area contributed by atoms with Gasteiger partial charge >= 0.3 is 0 Å². The number of halogens is 4. The van der Waals surface area contributed by atoms with Crippen LogP contribution in [0.4, 0.5) is 8.78 Å². The van der Waals surface area contributed by atoms with Crippen molar-refractivity contribution in [2.24, 2.45) is 5.16 Å². The third-order valence-electron chi connectivity index (χ3n) is 1.34. The molecule has 0 unspecified atom stereocenters. The van der Waals surface area contributed by atoms with Crippen molar-refractivity contribution in [3.63, 3.8) is 0 Å². The molecule has 0 amide bonds. The largest absolute Gasteiger partial charge is 0.410 e. The average molecular weight is 226 g/mol. The lowest BCUT2D eigenvalue weighted by atomic mass is 10.2. The maximum absolute atomic E-state index is 13.1. The Hall–Kier alpha value is -0.870. The molecule has 1 aromatic rings. The molecule has 0 saturated carbocycles. The summed E-state index contributed by atoms with van der Waals surface area (Å²) in [6, 6.07) is 1.96. The monoisotopic (exact) mass is 225 g/mol. The molecule has 0 fully saturated rings. The first kappa shape index (κ1) is 10.2. The van der Waals surface area contributed by atoms with E-state index in [1.165, 1.54) is 0 Å². The van der Waals surface area contributed by atoms with Crippen LogP contribution in [-0.2, 0) is 0 Å². The molecule has 0 radical (unpaired) electrons. The van der Waals surface area contributed by atoms with Crippen molar-refractivity contribution in [3.8, 4) is 0 Å². The van der Waals surface area contributed by atoms with E-state index in [2.05, 4.69) is 5.16 Å². The SMILES string of the molecule is ON=C(Cl)c1c(F)ccc(Cl)c1F. The molecule has 0 bridgehead atoms. The molecule has 13 heavy (non-hydrogen) atoms. The topological polar surface area (TPSA) is 32.6 Å². The predicted molar refractivity (Wildman–Crippen MR) is 45.5 cm³/mol. The van der Waals surface area contributed by atoms with Crippen LogP contribution in [0.2, 0.25) is 5.02 Å². The summed E-state index contributed by atoms with van der Waals surface area (Å²) in [5.41, 5.74) is -0.642. The fourth-order valence-electron chi connectivity index (χ4n) is 0.766. The van der Waals surface area contributed by atoms with Gasteiger partial charge in [-0.1, -0.05) is 28.4 Å². The van der Waals surface area contributed by atoms with Crippen molar-refractivity contribution >= 4 is 28.4 Å². The van der Waals surface area contributed by atoms with Crippen molar-refractivity contribution in [3.05, 3.63) is 34.4 Å². The maximum atomic E-state index is 13.1. The Morgan fingerprint density at radius 3 is 2.54 bits per heavy atom. The van der Waals surface area contributed by atoms with Crippen LogP contribution < -0.4 is 0 Å². The molecule has 0 spiro atoms. The van der Waals surface area contributed by atoms with Gasteiger partial charge in [-0.15, -0.1) is 0 Å². The number of hydrogen-bond donors (Lipinski definition) is 1. The van der Waals surface area contributed by atoms with Gasteiger partial charge in [0.05, 0.1) is 10.6 Å². The first-order valence-corrected chi connectivity index (χ1v) is 3.85. The molecule has 0 aromatic heterocycles. The summed E-state index contributed by atoms with van der Waals surface area (Å²) < 4.78 is 25.9. The van der Waals surface area contributed by atoms with Crippen LogP contribution in [0.1, 0.15) is 5.56 Å². The highest BCUT2D eigenvalue weighted by atomic mass is 35.5. The zero-order valence-electron chi connectivity index (χ0n) is 6.06. The minimum Gasteiger partial charge on any atom is -0.410 e. The molecule has 0 aliphatic carbocycles. The number of nitrogens with zero attached hydrogens (tertiary/aromatic N) is 1. The highest BCUT2D eigenvalue weighted by Crippen LogP contribution is 2.22. The second-order valence-electron chi connectivity index (χ2n) is 2.11. The van der Waals surface area contributed by atoms with E-state index >= 15 is 0 Å². The van der Waals surface area contributed by atoms with Gasteiger partial charge < -0.3 is 5.21 Å². The molecule has 1 rings (SSSR count). The van der Waals surface area contributed by atoms with E-state index in [0.29, 0.717) is 0 Å². The van der Waals surface area contributed by atoms with Crippen molar-refractivity contribution in [2.45, 2.75) is 0 Å². The normalized spacial score (nSPS) is 11.8. The Kier molecular flexibility index (Phi) is 3.06. The first-order valence-electron chi connectivity index (χ1n) is 3.09. The predicted octanol–water partition coefficient (Wildman–Crippen LogP) is 2.99. The molecule has 0 saturated heterocycles. The molecule has 0 heterocycles. The summed E-state index contributed by atoms with van der Waals surface area (Å²) >= 11 is 10.6. The third-order valence-corrected chi connectivity index (χ3v) is 1.89. The second-order valence-corrected chi connectivity index (χ2v) is 2.87. The smallest absolute Gasteiger partial charge is 0.181 e. The maximum Gasteiger partial charge on any atom is 0.181 e. The molecule has 6 heteroatoms. The zero-order valence-corrected chi connectivity index (χ0v) is 7.57. The fourth-order valence-corrected chi connectivity index (χ4v) is 1.10. The highest BCUT2D eigenvalue weighted by molar-refractivity contribution is 6.69. The van der Waals surface area contributed by atoms with E-state index in [1.807, 2.05) is 0 Å². The van der Waals surface area contributed by atoms with Gasteiger partial charge in [-0.3, -0.25) is 0 Å². The Morgan fingerprint density at radius 2 is 2.00 bits per heavy atom. The number of hydrogen-bond acceptors (Lipinski definition) is 2. The molecular weight excluding hydrogens is 223 g/mol. The van der Waals surface area contributed by atoms with Gasteiger partial charge in [-0.2, -0.15) is 0 Å². The van der Waals surface area contributed by atoms with Crippen molar-refractivity contribution in [1.82, 2.24) is 0 Å². The van der Waals surface area contributed by atoms with E-state index in [0.717, 1.165) is 12.1 Å². The minimum atomic E-state index is -1.05. The van der Waals surface area contributed by atoms with Gasteiger partial charge in [0.15, 0.2) is 11.0 Å². The fraction of sp³-hybridized carbons (Fsp3) is 0. The van der Waals surface area contributed by atoms with Crippen LogP contribution in [0.3, 0.4) is 0 Å². The van der Waals surface area contributed by atoms with E-state index < -0.39 is 22.4 Å². The summed E-state index contributed by atoms with van der Waals surface area (Å²) in [5.74, 6) is -1.99. The van der Waals surface area contributed by atoms with Crippen LogP contribution in [-0.4, -0.2) is 10.4 Å². The Balaban J connectivity index is 3.42. The third kappa shape index (κ3) is 1.89. The average Bonchev–Trinajstić information content (AvgIpc) is 2.12. The van der Waals surface area contributed by atoms with Gasteiger partial charge in [-0.05, 0) is 12.1 Å². The molecule has 0 aliphatic heterocycles. The lowest BCUT2D eigenvalue weighted by Gasteiger charge is -2.02. The molecule has 0 atom stereocenters. The summed E-state index contributed by atoms with van der Waals surface area (Å²) in [6.07, 6.45) is 0. The first-order chi connectivity index (χ1) is 6.07. The summed E-state index contributed by atoms with van der Waals surface area (Å²) in [6.45, 7) is 0. The van der Waals surface area contributed by atoms with Gasteiger partial charge in [0.2, 0.25) is 0 Å². The van der Waals surface area contributed by atoms with Crippen molar-refractivity contribution < 1.29 is 14.0 Å². The lowest BCUT2D eigenvalue weighted by Crippen LogP contribution is -2.01. The zero-order chi connectivity index (χ0) is 10.0. The van der Waals surface area contributed by atoms with E-state index in [-0.39, 0.29) is 5.02 Å². The Bertz CT molecular complexity index is 368.